The molecule has 0 aliphatic rings. The Hall–Kier alpha value is -2.93. The van der Waals surface area contributed by atoms with Crippen molar-refractivity contribution >= 4 is 58.0 Å². The SMILES string of the molecule is O=C(NCc1ccccc1)c1cccc(NC(=S)NC(=O)c2ccc(Cl)cc2Cl)c1. The van der Waals surface area contributed by atoms with Crippen molar-refractivity contribution in [3.8, 4) is 0 Å². The molecular weight excluding hydrogens is 441 g/mol. The number of rotatable bonds is 5. The zero-order chi connectivity index (χ0) is 21.5. The van der Waals surface area contributed by atoms with Crippen molar-refractivity contribution < 1.29 is 9.59 Å². The quantitative estimate of drug-likeness (QED) is 0.468. The molecule has 30 heavy (non-hydrogen) atoms. The average Bonchev–Trinajstić information content (AvgIpc) is 2.72. The maximum absolute atomic E-state index is 12.4. The summed E-state index contributed by atoms with van der Waals surface area (Å²) in [5.41, 5.74) is 2.28. The Morgan fingerprint density at radius 3 is 2.37 bits per heavy atom. The van der Waals surface area contributed by atoms with E-state index in [4.69, 9.17) is 35.4 Å². The van der Waals surface area contributed by atoms with Gasteiger partial charge in [0.15, 0.2) is 5.11 Å². The topological polar surface area (TPSA) is 70.2 Å². The van der Waals surface area contributed by atoms with E-state index in [1.54, 1.807) is 30.3 Å². The first kappa shape index (κ1) is 21.8. The molecule has 3 N–H and O–H groups in total. The van der Waals surface area contributed by atoms with E-state index >= 15 is 0 Å². The van der Waals surface area contributed by atoms with Crippen LogP contribution in [0.4, 0.5) is 5.69 Å². The Labute approximate surface area is 189 Å². The number of nitrogens with one attached hydrogen (secondary N) is 3. The van der Waals surface area contributed by atoms with Gasteiger partial charge in [-0.05, 0) is 54.2 Å². The summed E-state index contributed by atoms with van der Waals surface area (Å²) in [7, 11) is 0. The van der Waals surface area contributed by atoms with E-state index in [0.717, 1.165) is 5.56 Å². The van der Waals surface area contributed by atoms with Crippen molar-refractivity contribution in [1.82, 2.24) is 10.6 Å². The summed E-state index contributed by atoms with van der Waals surface area (Å²) in [6.07, 6.45) is 0. The lowest BCUT2D eigenvalue weighted by Crippen LogP contribution is -2.34. The zero-order valence-corrected chi connectivity index (χ0v) is 17.9. The first-order valence-electron chi connectivity index (χ1n) is 8.92. The number of hydrogen-bond acceptors (Lipinski definition) is 3. The molecule has 0 atom stereocenters. The summed E-state index contributed by atoms with van der Waals surface area (Å²) in [6.45, 7) is 0.424. The van der Waals surface area contributed by atoms with Crippen LogP contribution in [0, 0.1) is 0 Å². The van der Waals surface area contributed by atoms with Gasteiger partial charge < -0.3 is 10.6 Å². The van der Waals surface area contributed by atoms with Crippen LogP contribution >= 0.6 is 35.4 Å². The van der Waals surface area contributed by atoms with E-state index in [9.17, 15) is 9.59 Å². The smallest absolute Gasteiger partial charge is 0.258 e. The molecule has 0 fully saturated rings. The van der Waals surface area contributed by atoms with Gasteiger partial charge in [-0.15, -0.1) is 0 Å². The van der Waals surface area contributed by atoms with Gasteiger partial charge in [-0.2, -0.15) is 0 Å². The van der Waals surface area contributed by atoms with Gasteiger partial charge in [-0.1, -0.05) is 59.6 Å². The third-order valence-electron chi connectivity index (χ3n) is 4.08. The Morgan fingerprint density at radius 2 is 1.63 bits per heavy atom. The first-order chi connectivity index (χ1) is 14.4. The minimum Gasteiger partial charge on any atom is -0.348 e. The number of carbonyl (C=O) groups excluding carboxylic acids is 2. The second-order valence-electron chi connectivity index (χ2n) is 6.28. The number of hydrogen-bond donors (Lipinski definition) is 3. The van der Waals surface area contributed by atoms with Crippen LogP contribution in [0.5, 0.6) is 0 Å². The number of carbonyl (C=O) groups is 2. The molecule has 3 aromatic carbocycles. The molecular formula is C22H17Cl2N3O2S. The minimum atomic E-state index is -0.467. The molecule has 5 nitrogen and oxygen atoms in total. The van der Waals surface area contributed by atoms with E-state index in [2.05, 4.69) is 16.0 Å². The maximum Gasteiger partial charge on any atom is 0.258 e. The Kier molecular flexibility index (Phi) is 7.41. The fourth-order valence-corrected chi connectivity index (χ4v) is 3.33. The molecule has 0 aromatic heterocycles. The first-order valence-corrected chi connectivity index (χ1v) is 10.1. The largest absolute Gasteiger partial charge is 0.348 e. The fraction of sp³-hybridized carbons (Fsp3) is 0.0455. The van der Waals surface area contributed by atoms with Gasteiger partial charge in [0.05, 0.1) is 10.6 Å². The molecule has 3 aromatic rings. The monoisotopic (exact) mass is 457 g/mol. The second-order valence-corrected chi connectivity index (χ2v) is 7.53. The lowest BCUT2D eigenvalue weighted by atomic mass is 10.1. The highest BCUT2D eigenvalue weighted by atomic mass is 35.5. The highest BCUT2D eigenvalue weighted by Crippen LogP contribution is 2.21. The number of thiocarbonyl (C=S) groups is 1. The summed E-state index contributed by atoms with van der Waals surface area (Å²) in [4.78, 5) is 24.8. The summed E-state index contributed by atoms with van der Waals surface area (Å²) < 4.78 is 0. The summed E-state index contributed by atoms with van der Waals surface area (Å²) in [5, 5.41) is 9.04. The molecule has 0 bridgehead atoms. The van der Waals surface area contributed by atoms with Gasteiger partial charge in [-0.25, -0.2) is 0 Å². The minimum absolute atomic E-state index is 0.0767. The van der Waals surface area contributed by atoms with Crippen LogP contribution in [-0.4, -0.2) is 16.9 Å². The molecule has 0 heterocycles. The van der Waals surface area contributed by atoms with E-state index in [1.165, 1.54) is 12.1 Å². The maximum atomic E-state index is 12.4. The highest BCUT2D eigenvalue weighted by molar-refractivity contribution is 7.80. The van der Waals surface area contributed by atoms with Crippen LogP contribution in [-0.2, 0) is 6.54 Å². The van der Waals surface area contributed by atoms with Crippen molar-refractivity contribution in [2.45, 2.75) is 6.54 Å². The lowest BCUT2D eigenvalue weighted by molar-refractivity contribution is 0.0948. The third kappa shape index (κ3) is 6.03. The van der Waals surface area contributed by atoms with Gasteiger partial charge in [0.2, 0.25) is 0 Å². The molecule has 152 valence electrons. The molecule has 0 aliphatic heterocycles. The Bertz CT molecular complexity index is 1090. The number of benzene rings is 3. The fourth-order valence-electron chi connectivity index (χ4n) is 2.62. The van der Waals surface area contributed by atoms with Crippen molar-refractivity contribution in [3.63, 3.8) is 0 Å². The molecule has 8 heteroatoms. The average molecular weight is 458 g/mol. The highest BCUT2D eigenvalue weighted by Gasteiger charge is 2.13. The standard InChI is InChI=1S/C22H17Cl2N3O2S/c23-16-9-10-18(19(24)12-16)21(29)27-22(30)26-17-8-4-7-15(11-17)20(28)25-13-14-5-2-1-3-6-14/h1-12H,13H2,(H,25,28)(H2,26,27,29,30). The van der Waals surface area contributed by atoms with Crippen molar-refractivity contribution in [1.29, 1.82) is 0 Å². The molecule has 0 saturated carbocycles. The molecule has 0 radical (unpaired) electrons. The van der Waals surface area contributed by atoms with Crippen LogP contribution in [0.25, 0.3) is 0 Å². The molecule has 3 rings (SSSR count). The van der Waals surface area contributed by atoms with Crippen LogP contribution < -0.4 is 16.0 Å². The molecule has 0 aliphatic carbocycles. The van der Waals surface area contributed by atoms with Crippen molar-refractivity contribution in [2.75, 3.05) is 5.32 Å². The summed E-state index contributed by atoms with van der Waals surface area (Å²) in [6, 6.07) is 21.0. The van der Waals surface area contributed by atoms with Crippen molar-refractivity contribution in [2.24, 2.45) is 0 Å². The van der Waals surface area contributed by atoms with Crippen molar-refractivity contribution in [3.05, 3.63) is 99.5 Å². The second kappa shape index (κ2) is 10.2. The molecule has 0 saturated heterocycles. The predicted molar refractivity (Wildman–Crippen MR) is 124 cm³/mol. The summed E-state index contributed by atoms with van der Waals surface area (Å²) >= 11 is 17.1. The Morgan fingerprint density at radius 1 is 0.867 bits per heavy atom. The van der Waals surface area contributed by atoms with E-state index < -0.39 is 5.91 Å². The van der Waals surface area contributed by atoms with E-state index in [0.29, 0.717) is 22.8 Å². The van der Waals surface area contributed by atoms with E-state index in [-0.39, 0.29) is 21.6 Å². The molecule has 0 unspecified atom stereocenters. The number of anilines is 1. The van der Waals surface area contributed by atoms with Gasteiger partial charge >= 0.3 is 0 Å². The number of halogens is 2. The molecule has 0 spiro atoms. The van der Waals surface area contributed by atoms with E-state index in [1.807, 2.05) is 30.3 Å². The number of amides is 2. The Balaban J connectivity index is 1.59. The summed E-state index contributed by atoms with van der Waals surface area (Å²) in [5.74, 6) is -0.684. The predicted octanol–water partition coefficient (Wildman–Crippen LogP) is 5.05. The zero-order valence-electron chi connectivity index (χ0n) is 15.6. The van der Waals surface area contributed by atoms with Crippen LogP contribution in [0.1, 0.15) is 26.3 Å². The van der Waals surface area contributed by atoms with Gasteiger partial charge in [0.25, 0.3) is 11.8 Å². The van der Waals surface area contributed by atoms with Gasteiger partial charge in [0, 0.05) is 22.8 Å². The van der Waals surface area contributed by atoms with Crippen LogP contribution in [0.2, 0.25) is 10.0 Å². The third-order valence-corrected chi connectivity index (χ3v) is 4.83. The lowest BCUT2D eigenvalue weighted by Gasteiger charge is -2.12. The van der Waals surface area contributed by atoms with Gasteiger partial charge in [-0.3, -0.25) is 14.9 Å². The normalized spacial score (nSPS) is 10.2. The van der Waals surface area contributed by atoms with Gasteiger partial charge in [0.1, 0.15) is 0 Å². The van der Waals surface area contributed by atoms with Crippen LogP contribution in [0.15, 0.2) is 72.8 Å². The van der Waals surface area contributed by atoms with Crippen LogP contribution in [0.3, 0.4) is 0 Å². The molecule has 2 amide bonds.